The van der Waals surface area contributed by atoms with Gasteiger partial charge in [0.1, 0.15) is 11.6 Å². The van der Waals surface area contributed by atoms with E-state index in [9.17, 15) is 4.39 Å². The Kier molecular flexibility index (Phi) is 3.72. The standard InChI is InChI=1S/C13H19FO/c1-8(2)12-10(14)6-7-11(15-5)13(12)9(3)4/h6-9H,1-5H3. The lowest BCUT2D eigenvalue weighted by atomic mass is 9.89. The predicted octanol–water partition coefficient (Wildman–Crippen LogP) is 4.08. The Labute approximate surface area is 91.3 Å². The van der Waals surface area contributed by atoms with Crippen molar-refractivity contribution in [2.24, 2.45) is 0 Å². The SMILES string of the molecule is COc1ccc(F)c(C(C)C)c1C(C)C. The molecular weight excluding hydrogens is 191 g/mol. The normalized spacial score (nSPS) is 11.2. The lowest BCUT2D eigenvalue weighted by molar-refractivity contribution is 0.404. The molecule has 0 radical (unpaired) electrons. The van der Waals surface area contributed by atoms with Crippen molar-refractivity contribution >= 4 is 0 Å². The average Bonchev–Trinajstić information content (AvgIpc) is 2.16. The quantitative estimate of drug-likeness (QED) is 0.730. The van der Waals surface area contributed by atoms with Crippen molar-refractivity contribution in [2.45, 2.75) is 39.5 Å². The molecule has 2 heteroatoms. The number of ether oxygens (including phenoxy) is 1. The molecule has 0 saturated heterocycles. The van der Waals surface area contributed by atoms with Gasteiger partial charge in [0.25, 0.3) is 0 Å². The fraction of sp³-hybridized carbons (Fsp3) is 0.538. The van der Waals surface area contributed by atoms with E-state index in [1.54, 1.807) is 13.2 Å². The first-order valence-electron chi connectivity index (χ1n) is 5.35. The fourth-order valence-electron chi connectivity index (χ4n) is 1.95. The van der Waals surface area contributed by atoms with Crippen molar-refractivity contribution in [3.05, 3.63) is 29.1 Å². The van der Waals surface area contributed by atoms with Crippen LogP contribution in [0, 0.1) is 5.82 Å². The third-order valence-corrected chi connectivity index (χ3v) is 2.57. The maximum atomic E-state index is 13.7. The number of hydrogen-bond acceptors (Lipinski definition) is 1. The van der Waals surface area contributed by atoms with Gasteiger partial charge in [-0.15, -0.1) is 0 Å². The van der Waals surface area contributed by atoms with Crippen molar-refractivity contribution in [1.29, 1.82) is 0 Å². The predicted molar refractivity (Wildman–Crippen MR) is 61.1 cm³/mol. The minimum atomic E-state index is -0.130. The molecule has 0 aliphatic carbocycles. The van der Waals surface area contributed by atoms with Crippen molar-refractivity contribution < 1.29 is 9.13 Å². The van der Waals surface area contributed by atoms with E-state index in [-0.39, 0.29) is 17.7 Å². The average molecular weight is 210 g/mol. The highest BCUT2D eigenvalue weighted by molar-refractivity contribution is 5.44. The molecule has 15 heavy (non-hydrogen) atoms. The summed E-state index contributed by atoms with van der Waals surface area (Å²) in [4.78, 5) is 0. The monoisotopic (exact) mass is 210 g/mol. The first-order valence-corrected chi connectivity index (χ1v) is 5.35. The van der Waals surface area contributed by atoms with Gasteiger partial charge in [-0.25, -0.2) is 4.39 Å². The summed E-state index contributed by atoms with van der Waals surface area (Å²) in [6.45, 7) is 8.12. The molecule has 0 N–H and O–H groups in total. The van der Waals surface area contributed by atoms with Gasteiger partial charge in [-0.3, -0.25) is 0 Å². The third kappa shape index (κ3) is 2.31. The number of halogens is 1. The molecule has 0 atom stereocenters. The molecule has 1 aromatic rings. The first-order chi connectivity index (χ1) is 6.99. The minimum absolute atomic E-state index is 0.130. The number of rotatable bonds is 3. The molecular formula is C13H19FO. The van der Waals surface area contributed by atoms with Crippen LogP contribution in [0.25, 0.3) is 0 Å². The van der Waals surface area contributed by atoms with Crippen LogP contribution in [0.4, 0.5) is 4.39 Å². The Morgan fingerprint density at radius 3 is 1.93 bits per heavy atom. The van der Waals surface area contributed by atoms with Crippen LogP contribution in [-0.4, -0.2) is 7.11 Å². The zero-order valence-corrected chi connectivity index (χ0v) is 10.1. The molecule has 0 bridgehead atoms. The van der Waals surface area contributed by atoms with Crippen molar-refractivity contribution in [3.63, 3.8) is 0 Å². The van der Waals surface area contributed by atoms with Gasteiger partial charge in [0.05, 0.1) is 7.11 Å². The van der Waals surface area contributed by atoms with Crippen molar-refractivity contribution in [3.8, 4) is 5.75 Å². The van der Waals surface area contributed by atoms with E-state index in [2.05, 4.69) is 13.8 Å². The second-order valence-corrected chi connectivity index (χ2v) is 4.39. The highest BCUT2D eigenvalue weighted by Crippen LogP contribution is 2.35. The number of methoxy groups -OCH3 is 1. The molecule has 1 nitrogen and oxygen atoms in total. The van der Waals surface area contributed by atoms with E-state index < -0.39 is 0 Å². The Bertz CT molecular complexity index is 343. The van der Waals surface area contributed by atoms with E-state index in [4.69, 9.17) is 4.74 Å². The summed E-state index contributed by atoms with van der Waals surface area (Å²) in [5.74, 6) is 1.11. The maximum absolute atomic E-state index is 13.7. The van der Waals surface area contributed by atoms with Crippen molar-refractivity contribution in [2.75, 3.05) is 7.11 Å². The molecule has 1 rings (SSSR count). The lowest BCUT2D eigenvalue weighted by Gasteiger charge is -2.19. The molecule has 0 fully saturated rings. The number of hydrogen-bond donors (Lipinski definition) is 0. The summed E-state index contributed by atoms with van der Waals surface area (Å²) in [6, 6.07) is 3.19. The van der Waals surface area contributed by atoms with Gasteiger partial charge in [-0.1, -0.05) is 27.7 Å². The van der Waals surface area contributed by atoms with Gasteiger partial charge in [-0.2, -0.15) is 0 Å². The Balaban J connectivity index is 3.44. The molecule has 0 heterocycles. The zero-order chi connectivity index (χ0) is 11.6. The summed E-state index contributed by atoms with van der Waals surface area (Å²) < 4.78 is 19.0. The molecule has 0 amide bonds. The van der Waals surface area contributed by atoms with E-state index in [0.717, 1.165) is 16.9 Å². The molecule has 0 aromatic heterocycles. The van der Waals surface area contributed by atoms with E-state index in [1.165, 1.54) is 6.07 Å². The topological polar surface area (TPSA) is 9.23 Å². The molecule has 0 saturated carbocycles. The Hall–Kier alpha value is -1.05. The van der Waals surface area contributed by atoms with Crippen LogP contribution in [0.1, 0.15) is 50.7 Å². The fourth-order valence-corrected chi connectivity index (χ4v) is 1.95. The summed E-state index contributed by atoms with van der Waals surface area (Å²) in [5.41, 5.74) is 1.77. The van der Waals surface area contributed by atoms with Crippen molar-refractivity contribution in [1.82, 2.24) is 0 Å². The van der Waals surface area contributed by atoms with Crippen LogP contribution >= 0.6 is 0 Å². The van der Waals surface area contributed by atoms with Crippen LogP contribution in [0.15, 0.2) is 12.1 Å². The molecule has 0 unspecified atom stereocenters. The van der Waals surface area contributed by atoms with Gasteiger partial charge in [-0.05, 0) is 29.5 Å². The Morgan fingerprint density at radius 1 is 1.00 bits per heavy atom. The van der Waals surface area contributed by atoms with Crippen LogP contribution in [0.2, 0.25) is 0 Å². The largest absolute Gasteiger partial charge is 0.496 e. The molecule has 0 aliphatic heterocycles. The highest BCUT2D eigenvalue weighted by atomic mass is 19.1. The van der Waals surface area contributed by atoms with E-state index >= 15 is 0 Å². The van der Waals surface area contributed by atoms with Crippen LogP contribution in [-0.2, 0) is 0 Å². The first kappa shape index (κ1) is 12.0. The maximum Gasteiger partial charge on any atom is 0.127 e. The van der Waals surface area contributed by atoms with Crippen LogP contribution in [0.3, 0.4) is 0 Å². The Morgan fingerprint density at radius 2 is 1.53 bits per heavy atom. The van der Waals surface area contributed by atoms with Gasteiger partial charge >= 0.3 is 0 Å². The third-order valence-electron chi connectivity index (χ3n) is 2.57. The zero-order valence-electron chi connectivity index (χ0n) is 10.1. The van der Waals surface area contributed by atoms with E-state index in [1.807, 2.05) is 13.8 Å². The number of benzene rings is 1. The van der Waals surface area contributed by atoms with Gasteiger partial charge < -0.3 is 4.74 Å². The lowest BCUT2D eigenvalue weighted by Crippen LogP contribution is -2.05. The molecule has 0 spiro atoms. The highest BCUT2D eigenvalue weighted by Gasteiger charge is 2.18. The molecule has 84 valence electrons. The second-order valence-electron chi connectivity index (χ2n) is 4.39. The molecule has 0 aliphatic rings. The summed E-state index contributed by atoms with van der Waals surface area (Å²) in [7, 11) is 1.63. The summed E-state index contributed by atoms with van der Waals surface area (Å²) in [5, 5.41) is 0. The van der Waals surface area contributed by atoms with Gasteiger partial charge in [0, 0.05) is 5.56 Å². The van der Waals surface area contributed by atoms with Crippen LogP contribution < -0.4 is 4.74 Å². The summed E-state index contributed by atoms with van der Waals surface area (Å²) >= 11 is 0. The van der Waals surface area contributed by atoms with Gasteiger partial charge in [0.15, 0.2) is 0 Å². The van der Waals surface area contributed by atoms with Gasteiger partial charge in [0.2, 0.25) is 0 Å². The smallest absolute Gasteiger partial charge is 0.127 e. The summed E-state index contributed by atoms with van der Waals surface area (Å²) in [6.07, 6.45) is 0. The minimum Gasteiger partial charge on any atom is -0.496 e. The second kappa shape index (κ2) is 4.65. The van der Waals surface area contributed by atoms with Crippen LogP contribution in [0.5, 0.6) is 5.75 Å². The molecule has 1 aromatic carbocycles. The van der Waals surface area contributed by atoms with E-state index in [0.29, 0.717) is 0 Å².